The number of benzene rings is 3. The Labute approximate surface area is 194 Å². The maximum Gasteiger partial charge on any atom is 0.226 e. The number of rotatable bonds is 9. The van der Waals surface area contributed by atoms with Crippen LogP contribution in [0.4, 0.5) is 11.4 Å². The highest BCUT2D eigenvalue weighted by Gasteiger charge is 2.13. The number of aryl methyl sites for hydroxylation is 1. The van der Waals surface area contributed by atoms with E-state index in [-0.39, 0.29) is 11.8 Å². The summed E-state index contributed by atoms with van der Waals surface area (Å²) < 4.78 is 11.5. The van der Waals surface area contributed by atoms with Crippen molar-refractivity contribution in [2.75, 3.05) is 17.7 Å². The molecule has 0 aromatic heterocycles. The zero-order valence-corrected chi connectivity index (χ0v) is 19.6. The van der Waals surface area contributed by atoms with Crippen molar-refractivity contribution < 1.29 is 14.3 Å². The number of anilines is 2. The topological polar surface area (TPSA) is 59.6 Å². The molecule has 0 heterocycles. The van der Waals surface area contributed by atoms with Crippen molar-refractivity contribution in [2.45, 2.75) is 33.9 Å². The van der Waals surface area contributed by atoms with Gasteiger partial charge in [-0.05, 0) is 60.0 Å². The Bertz CT molecular complexity index is 1070. The van der Waals surface area contributed by atoms with E-state index in [2.05, 4.69) is 23.6 Å². The standard InChI is InChI=1S/C26H29ClN2O3/c1-17(2)26(30)29-22-11-9-21(10-12-22)28-15-19-13-23(27)25(24(14-19)31-4)32-16-20-8-6-5-7-18(20)3/h5-14,17,28H,15-16H2,1-4H3,(H,29,30). The van der Waals surface area contributed by atoms with E-state index in [9.17, 15) is 4.79 Å². The molecule has 3 aromatic carbocycles. The third-order valence-electron chi connectivity index (χ3n) is 5.10. The second kappa shape index (κ2) is 10.9. The number of hydrogen-bond donors (Lipinski definition) is 2. The molecule has 6 heteroatoms. The largest absolute Gasteiger partial charge is 0.493 e. The molecule has 168 valence electrons. The van der Waals surface area contributed by atoms with E-state index < -0.39 is 0 Å². The predicted octanol–water partition coefficient (Wildman–Crippen LogP) is 6.44. The van der Waals surface area contributed by atoms with Gasteiger partial charge in [0.25, 0.3) is 0 Å². The van der Waals surface area contributed by atoms with Crippen molar-refractivity contribution in [1.82, 2.24) is 0 Å². The predicted molar refractivity (Wildman–Crippen MR) is 131 cm³/mol. The SMILES string of the molecule is COc1cc(CNc2ccc(NC(=O)C(C)C)cc2)cc(Cl)c1OCc1ccccc1C. The van der Waals surface area contributed by atoms with Gasteiger partial charge in [-0.15, -0.1) is 0 Å². The van der Waals surface area contributed by atoms with Gasteiger partial charge in [0.15, 0.2) is 11.5 Å². The minimum Gasteiger partial charge on any atom is -0.493 e. The lowest BCUT2D eigenvalue weighted by molar-refractivity contribution is -0.118. The first-order chi connectivity index (χ1) is 15.4. The minimum absolute atomic E-state index is 0.00261. The molecule has 0 aliphatic carbocycles. The Balaban J connectivity index is 1.64. The Morgan fingerprint density at radius 2 is 1.72 bits per heavy atom. The number of amides is 1. The van der Waals surface area contributed by atoms with Crippen LogP contribution in [0.5, 0.6) is 11.5 Å². The van der Waals surface area contributed by atoms with E-state index in [1.165, 1.54) is 0 Å². The first-order valence-electron chi connectivity index (χ1n) is 10.6. The quantitative estimate of drug-likeness (QED) is 0.392. The Morgan fingerprint density at radius 1 is 1.03 bits per heavy atom. The molecule has 3 aromatic rings. The normalized spacial score (nSPS) is 10.7. The summed E-state index contributed by atoms with van der Waals surface area (Å²) >= 11 is 6.52. The van der Waals surface area contributed by atoms with Gasteiger partial charge in [0.2, 0.25) is 5.91 Å². The molecule has 0 radical (unpaired) electrons. The van der Waals surface area contributed by atoms with Crippen molar-refractivity contribution >= 4 is 28.9 Å². The van der Waals surface area contributed by atoms with Gasteiger partial charge in [0.1, 0.15) is 6.61 Å². The van der Waals surface area contributed by atoms with Crippen molar-refractivity contribution in [3.05, 3.63) is 82.4 Å². The molecule has 0 saturated heterocycles. The van der Waals surface area contributed by atoms with Crippen LogP contribution in [0.15, 0.2) is 60.7 Å². The number of carbonyl (C=O) groups excluding carboxylic acids is 1. The van der Waals surface area contributed by atoms with Crippen LogP contribution in [0.3, 0.4) is 0 Å². The van der Waals surface area contributed by atoms with Crippen molar-refractivity contribution in [1.29, 1.82) is 0 Å². The molecule has 5 nitrogen and oxygen atoms in total. The molecule has 0 spiro atoms. The van der Waals surface area contributed by atoms with Gasteiger partial charge in [0.05, 0.1) is 12.1 Å². The van der Waals surface area contributed by atoms with Gasteiger partial charge in [-0.25, -0.2) is 0 Å². The summed E-state index contributed by atoms with van der Waals surface area (Å²) in [6.07, 6.45) is 0. The van der Waals surface area contributed by atoms with Crippen LogP contribution in [0, 0.1) is 12.8 Å². The number of hydrogen-bond acceptors (Lipinski definition) is 4. The molecule has 0 atom stereocenters. The highest BCUT2D eigenvalue weighted by atomic mass is 35.5. The molecule has 0 bridgehead atoms. The van der Waals surface area contributed by atoms with Gasteiger partial charge >= 0.3 is 0 Å². The lowest BCUT2D eigenvalue weighted by atomic mass is 10.1. The monoisotopic (exact) mass is 452 g/mol. The average Bonchev–Trinajstić information content (AvgIpc) is 2.78. The molecular formula is C26H29ClN2O3. The summed E-state index contributed by atoms with van der Waals surface area (Å²) in [4.78, 5) is 11.8. The molecular weight excluding hydrogens is 424 g/mol. The molecule has 3 rings (SSSR count). The minimum atomic E-state index is -0.0591. The van der Waals surface area contributed by atoms with E-state index >= 15 is 0 Å². The maximum atomic E-state index is 11.8. The molecule has 0 aliphatic heterocycles. The lowest BCUT2D eigenvalue weighted by Gasteiger charge is -2.16. The summed E-state index contributed by atoms with van der Waals surface area (Å²) in [7, 11) is 1.60. The van der Waals surface area contributed by atoms with Gasteiger partial charge in [-0.2, -0.15) is 0 Å². The zero-order chi connectivity index (χ0) is 23.1. The molecule has 0 fully saturated rings. The number of ether oxygens (including phenoxy) is 2. The fraction of sp³-hybridized carbons (Fsp3) is 0.269. The number of carbonyl (C=O) groups is 1. The molecule has 0 saturated carbocycles. The van der Waals surface area contributed by atoms with E-state index in [0.717, 1.165) is 28.1 Å². The van der Waals surface area contributed by atoms with Gasteiger partial charge in [-0.1, -0.05) is 49.7 Å². The summed E-state index contributed by atoms with van der Waals surface area (Å²) in [6, 6.07) is 19.5. The lowest BCUT2D eigenvalue weighted by Crippen LogP contribution is -2.17. The summed E-state index contributed by atoms with van der Waals surface area (Å²) in [6.45, 7) is 6.76. The Morgan fingerprint density at radius 3 is 2.38 bits per heavy atom. The summed E-state index contributed by atoms with van der Waals surface area (Å²) in [5, 5.41) is 6.74. The zero-order valence-electron chi connectivity index (χ0n) is 18.9. The van der Waals surface area contributed by atoms with E-state index in [4.69, 9.17) is 21.1 Å². The molecule has 2 N–H and O–H groups in total. The van der Waals surface area contributed by atoms with Crippen LogP contribution >= 0.6 is 11.6 Å². The Kier molecular flexibility index (Phi) is 8.01. The number of nitrogens with one attached hydrogen (secondary N) is 2. The second-order valence-electron chi connectivity index (χ2n) is 7.90. The fourth-order valence-corrected chi connectivity index (χ4v) is 3.39. The van der Waals surface area contributed by atoms with Crippen molar-refractivity contribution in [3.63, 3.8) is 0 Å². The van der Waals surface area contributed by atoms with Crippen LogP contribution in [0.2, 0.25) is 5.02 Å². The van der Waals surface area contributed by atoms with E-state index in [1.807, 2.05) is 68.4 Å². The molecule has 1 amide bonds. The number of methoxy groups -OCH3 is 1. The Hall–Kier alpha value is -3.18. The van der Waals surface area contributed by atoms with Crippen LogP contribution in [0.1, 0.15) is 30.5 Å². The van der Waals surface area contributed by atoms with E-state index in [1.54, 1.807) is 7.11 Å². The fourth-order valence-electron chi connectivity index (χ4n) is 3.10. The van der Waals surface area contributed by atoms with Gasteiger partial charge in [-0.3, -0.25) is 4.79 Å². The van der Waals surface area contributed by atoms with Crippen LogP contribution in [-0.4, -0.2) is 13.0 Å². The van der Waals surface area contributed by atoms with Crippen LogP contribution in [0.25, 0.3) is 0 Å². The van der Waals surface area contributed by atoms with Crippen molar-refractivity contribution in [3.8, 4) is 11.5 Å². The third kappa shape index (κ3) is 6.17. The highest BCUT2D eigenvalue weighted by Crippen LogP contribution is 2.37. The maximum absolute atomic E-state index is 11.8. The van der Waals surface area contributed by atoms with Crippen molar-refractivity contribution in [2.24, 2.45) is 5.92 Å². The van der Waals surface area contributed by atoms with Crippen LogP contribution < -0.4 is 20.1 Å². The molecule has 0 unspecified atom stereocenters. The second-order valence-corrected chi connectivity index (χ2v) is 8.31. The van der Waals surface area contributed by atoms with Crippen LogP contribution in [-0.2, 0) is 17.9 Å². The smallest absolute Gasteiger partial charge is 0.226 e. The first kappa shape index (κ1) is 23.5. The molecule has 32 heavy (non-hydrogen) atoms. The van der Waals surface area contributed by atoms with Gasteiger partial charge in [0, 0.05) is 23.8 Å². The average molecular weight is 453 g/mol. The summed E-state index contributed by atoms with van der Waals surface area (Å²) in [5.74, 6) is 1.06. The van der Waals surface area contributed by atoms with Gasteiger partial charge < -0.3 is 20.1 Å². The third-order valence-corrected chi connectivity index (χ3v) is 5.38. The summed E-state index contributed by atoms with van der Waals surface area (Å²) in [5.41, 5.74) is 4.94. The molecule has 0 aliphatic rings. The number of halogens is 1. The first-order valence-corrected chi connectivity index (χ1v) is 10.9. The highest BCUT2D eigenvalue weighted by molar-refractivity contribution is 6.32. The van der Waals surface area contributed by atoms with E-state index in [0.29, 0.717) is 29.7 Å².